The average Bonchev–Trinajstić information content (AvgIpc) is 2.91. The highest BCUT2D eigenvalue weighted by molar-refractivity contribution is 6.05. The van der Waals surface area contributed by atoms with E-state index in [2.05, 4.69) is 16.0 Å². The van der Waals surface area contributed by atoms with Crippen LogP contribution >= 0.6 is 0 Å². The van der Waals surface area contributed by atoms with Gasteiger partial charge in [0.1, 0.15) is 12.1 Å². The summed E-state index contributed by atoms with van der Waals surface area (Å²) in [5.74, 6) is -1.99. The smallest absolute Gasteiger partial charge is 0.248 e. The van der Waals surface area contributed by atoms with Gasteiger partial charge in [0.15, 0.2) is 0 Å². The highest BCUT2D eigenvalue weighted by Crippen LogP contribution is 2.15. The third kappa shape index (κ3) is 6.10. The summed E-state index contributed by atoms with van der Waals surface area (Å²) in [5.41, 5.74) is 0. The second kappa shape index (κ2) is 9.85. The summed E-state index contributed by atoms with van der Waals surface area (Å²) in [4.78, 5) is 59.7. The zero-order valence-corrected chi connectivity index (χ0v) is 15.5. The number of carbonyl (C=O) groups is 5. The van der Waals surface area contributed by atoms with Crippen molar-refractivity contribution in [3.8, 4) is 0 Å². The Balaban J connectivity index is 2.36. The van der Waals surface area contributed by atoms with Crippen LogP contribution in [-0.4, -0.2) is 66.4 Å². The molecule has 146 valence electrons. The highest BCUT2D eigenvalue weighted by atomic mass is 16.5. The normalized spacial score (nSPS) is 17.5. The third-order valence-corrected chi connectivity index (χ3v) is 3.97. The van der Waals surface area contributed by atoms with Crippen LogP contribution in [0.4, 0.5) is 0 Å². The Bertz CT molecular complexity index is 563. The quantitative estimate of drug-likeness (QED) is 0.339. The van der Waals surface area contributed by atoms with Crippen molar-refractivity contribution < 1.29 is 28.7 Å². The lowest BCUT2D eigenvalue weighted by Gasteiger charge is -2.24. The minimum Gasteiger partial charge on any atom is -0.372 e. The molecule has 3 atom stereocenters. The van der Waals surface area contributed by atoms with Crippen LogP contribution in [0.2, 0.25) is 0 Å². The molecule has 0 aliphatic carbocycles. The monoisotopic (exact) mass is 370 g/mol. The second-order valence-electron chi connectivity index (χ2n) is 6.05. The van der Waals surface area contributed by atoms with Gasteiger partial charge in [0, 0.05) is 32.9 Å². The minimum atomic E-state index is -0.938. The first-order valence-electron chi connectivity index (χ1n) is 8.42. The van der Waals surface area contributed by atoms with Crippen LogP contribution in [0.5, 0.6) is 0 Å². The molecule has 0 aromatic carbocycles. The predicted molar refractivity (Wildman–Crippen MR) is 90.4 cm³/mol. The molecule has 10 heteroatoms. The number of likely N-dealkylation sites (tertiary alicyclic amines) is 1. The largest absolute Gasteiger partial charge is 0.372 e. The molecule has 0 spiro atoms. The first-order chi connectivity index (χ1) is 12.2. The molecule has 1 rings (SSSR count). The lowest BCUT2D eigenvalue weighted by molar-refractivity contribution is -0.146. The van der Waals surface area contributed by atoms with E-state index >= 15 is 0 Å². The molecular formula is C16H26N4O6. The summed E-state index contributed by atoms with van der Waals surface area (Å²) < 4.78 is 4.85. The van der Waals surface area contributed by atoms with Gasteiger partial charge in [-0.25, -0.2) is 0 Å². The summed E-state index contributed by atoms with van der Waals surface area (Å²) in [6.07, 6.45) is -1.06. The number of methoxy groups -OCH3 is 1. The van der Waals surface area contributed by atoms with Crippen molar-refractivity contribution in [1.82, 2.24) is 20.9 Å². The van der Waals surface area contributed by atoms with Crippen LogP contribution in [0.3, 0.4) is 0 Å². The Morgan fingerprint density at radius 2 is 1.62 bits per heavy atom. The Kier molecular flexibility index (Phi) is 8.17. The molecule has 10 nitrogen and oxygen atoms in total. The van der Waals surface area contributed by atoms with Crippen molar-refractivity contribution in [3.63, 3.8) is 0 Å². The molecule has 1 aliphatic rings. The lowest BCUT2D eigenvalue weighted by atomic mass is 10.2. The minimum absolute atomic E-state index is 0.0288. The van der Waals surface area contributed by atoms with Crippen molar-refractivity contribution in [2.75, 3.05) is 13.7 Å². The molecule has 26 heavy (non-hydrogen) atoms. The lowest BCUT2D eigenvalue weighted by Crippen LogP contribution is -2.53. The number of imide groups is 1. The second-order valence-corrected chi connectivity index (χ2v) is 6.05. The molecule has 1 saturated heterocycles. The van der Waals surface area contributed by atoms with Gasteiger partial charge in [0.25, 0.3) is 0 Å². The highest BCUT2D eigenvalue weighted by Gasteiger charge is 2.36. The average molecular weight is 370 g/mol. The van der Waals surface area contributed by atoms with Gasteiger partial charge in [-0.3, -0.25) is 28.9 Å². The van der Waals surface area contributed by atoms with E-state index in [4.69, 9.17) is 4.74 Å². The molecule has 3 unspecified atom stereocenters. The van der Waals surface area contributed by atoms with Gasteiger partial charge >= 0.3 is 0 Å². The van der Waals surface area contributed by atoms with E-state index in [-0.39, 0.29) is 49.4 Å². The number of hydrogen-bond donors (Lipinski definition) is 3. The van der Waals surface area contributed by atoms with Crippen molar-refractivity contribution in [2.45, 2.75) is 58.3 Å². The van der Waals surface area contributed by atoms with E-state index in [1.54, 1.807) is 13.8 Å². The van der Waals surface area contributed by atoms with Crippen LogP contribution in [0.15, 0.2) is 0 Å². The van der Waals surface area contributed by atoms with Crippen molar-refractivity contribution >= 4 is 29.5 Å². The molecule has 0 saturated carbocycles. The molecule has 1 heterocycles. The van der Waals surface area contributed by atoms with E-state index < -0.39 is 24.2 Å². The van der Waals surface area contributed by atoms with E-state index in [1.165, 1.54) is 14.0 Å². The van der Waals surface area contributed by atoms with Crippen LogP contribution in [0.25, 0.3) is 0 Å². The summed E-state index contributed by atoms with van der Waals surface area (Å²) in [7, 11) is 1.41. The maximum atomic E-state index is 12.1. The van der Waals surface area contributed by atoms with Crippen LogP contribution < -0.4 is 16.0 Å². The summed E-state index contributed by atoms with van der Waals surface area (Å²) in [5, 5.41) is 7.63. The van der Waals surface area contributed by atoms with Gasteiger partial charge < -0.3 is 20.7 Å². The molecule has 1 fully saturated rings. The van der Waals surface area contributed by atoms with Gasteiger partial charge in [-0.15, -0.1) is 0 Å². The fourth-order valence-electron chi connectivity index (χ4n) is 2.38. The number of nitrogens with zero attached hydrogens (tertiary/aromatic N) is 1. The molecule has 3 N–H and O–H groups in total. The van der Waals surface area contributed by atoms with Gasteiger partial charge in [-0.2, -0.15) is 0 Å². The topological polar surface area (TPSA) is 134 Å². The molecular weight excluding hydrogens is 344 g/mol. The summed E-state index contributed by atoms with van der Waals surface area (Å²) in [6, 6.07) is -0.938. The number of hydrogen-bond acceptors (Lipinski definition) is 6. The molecule has 0 radical (unpaired) electrons. The van der Waals surface area contributed by atoms with E-state index in [9.17, 15) is 24.0 Å². The molecule has 1 aliphatic heterocycles. The number of ether oxygens (including phenoxy) is 1. The van der Waals surface area contributed by atoms with Crippen molar-refractivity contribution in [2.24, 2.45) is 0 Å². The van der Waals surface area contributed by atoms with E-state index in [1.807, 2.05) is 0 Å². The van der Waals surface area contributed by atoms with Crippen LogP contribution in [0.1, 0.15) is 40.0 Å². The van der Waals surface area contributed by atoms with Crippen LogP contribution in [-0.2, 0) is 28.7 Å². The summed E-state index contributed by atoms with van der Waals surface area (Å²) in [6.45, 7) is 4.73. The van der Waals surface area contributed by atoms with Crippen molar-refractivity contribution in [3.05, 3.63) is 0 Å². The van der Waals surface area contributed by atoms with Crippen molar-refractivity contribution in [1.29, 1.82) is 0 Å². The zero-order valence-electron chi connectivity index (χ0n) is 15.5. The SMILES string of the molecule is COC(C)C(=O)NCCC(=O)NC(C)NC(=O)C(C)N1C(=O)CCC1=O. The number of carbonyl (C=O) groups excluding carboxylic acids is 5. The maximum Gasteiger partial charge on any atom is 0.248 e. The number of amides is 5. The summed E-state index contributed by atoms with van der Waals surface area (Å²) >= 11 is 0. The first-order valence-corrected chi connectivity index (χ1v) is 8.42. The fraction of sp³-hybridized carbons (Fsp3) is 0.688. The molecule has 0 aromatic heterocycles. The Morgan fingerprint density at radius 1 is 1.04 bits per heavy atom. The Labute approximate surface area is 152 Å². The predicted octanol–water partition coefficient (Wildman–Crippen LogP) is -1.36. The number of nitrogens with one attached hydrogen (secondary N) is 3. The van der Waals surface area contributed by atoms with Gasteiger partial charge in [0.2, 0.25) is 29.5 Å². The van der Waals surface area contributed by atoms with Gasteiger partial charge in [0.05, 0.1) is 6.17 Å². The molecule has 0 aromatic rings. The van der Waals surface area contributed by atoms with E-state index in [0.29, 0.717) is 0 Å². The Morgan fingerprint density at radius 3 is 2.15 bits per heavy atom. The van der Waals surface area contributed by atoms with Gasteiger partial charge in [-0.1, -0.05) is 0 Å². The van der Waals surface area contributed by atoms with Gasteiger partial charge in [-0.05, 0) is 20.8 Å². The van der Waals surface area contributed by atoms with E-state index in [0.717, 1.165) is 4.90 Å². The number of rotatable bonds is 9. The van der Waals surface area contributed by atoms with Crippen LogP contribution in [0, 0.1) is 0 Å². The molecule has 0 bridgehead atoms. The Hall–Kier alpha value is -2.49. The molecule has 5 amide bonds. The maximum absolute atomic E-state index is 12.1. The fourth-order valence-corrected chi connectivity index (χ4v) is 2.38. The third-order valence-electron chi connectivity index (χ3n) is 3.97. The zero-order chi connectivity index (χ0) is 19.9. The first kappa shape index (κ1) is 21.6. The standard InChI is InChI=1S/C16H26N4O6/c1-9(20-13(22)5-6-14(20)23)15(24)19-11(3)18-12(21)7-8-17-16(25)10(2)26-4/h9-11H,5-8H2,1-4H3,(H,17,25)(H,18,21)(H,19,24).